The Labute approximate surface area is 62.7 Å². The van der Waals surface area contributed by atoms with Crippen LogP contribution in [0.25, 0.3) is 0 Å². The molecule has 0 fully saturated rings. The normalized spacial score (nSPS) is 9.40. The molecule has 0 N–H and O–H groups in total. The van der Waals surface area contributed by atoms with Crippen LogP contribution in [0.15, 0.2) is 0 Å². The summed E-state index contributed by atoms with van der Waals surface area (Å²) in [7, 11) is 1.54. The Morgan fingerprint density at radius 1 is 1.70 bits per heavy atom. The van der Waals surface area contributed by atoms with Gasteiger partial charge < -0.3 is 4.74 Å². The number of aldehydes is 1. The number of carbonyl (C=O) groups excluding carboxylic acids is 1. The molecule has 1 aromatic heterocycles. The molecule has 0 saturated heterocycles. The van der Waals surface area contributed by atoms with Gasteiger partial charge in [0.25, 0.3) is 0 Å². The Balaban J connectivity index is 3.03. The molecule has 0 aliphatic rings. The predicted octanol–water partition coefficient (Wildman–Crippen LogP) is 1.27. The van der Waals surface area contributed by atoms with Gasteiger partial charge >= 0.3 is 0 Å². The van der Waals surface area contributed by atoms with Gasteiger partial charge in [0.2, 0.25) is 5.88 Å². The van der Waals surface area contributed by atoms with Crippen LogP contribution in [0.2, 0.25) is 0 Å². The summed E-state index contributed by atoms with van der Waals surface area (Å²) in [6.45, 7) is 1.86. The van der Waals surface area contributed by atoms with Crippen molar-refractivity contribution in [2.75, 3.05) is 7.11 Å². The molecule has 1 aromatic rings. The highest BCUT2D eigenvalue weighted by atomic mass is 32.1. The number of aromatic nitrogens is 1. The summed E-state index contributed by atoms with van der Waals surface area (Å²) in [5.74, 6) is 0.548. The van der Waals surface area contributed by atoms with E-state index < -0.39 is 0 Å². The highest BCUT2D eigenvalue weighted by Crippen LogP contribution is 2.21. The lowest BCUT2D eigenvalue weighted by atomic mass is 10.6. The number of ether oxygens (including phenoxy) is 1. The second-order valence-corrected chi connectivity index (χ2v) is 2.97. The van der Waals surface area contributed by atoms with Crippen LogP contribution >= 0.6 is 11.3 Å². The molecule has 54 valence electrons. The van der Waals surface area contributed by atoms with Crippen molar-refractivity contribution in [3.05, 3.63) is 9.88 Å². The van der Waals surface area contributed by atoms with Gasteiger partial charge in [-0.15, -0.1) is 11.3 Å². The van der Waals surface area contributed by atoms with Gasteiger partial charge in [-0.2, -0.15) is 4.98 Å². The Morgan fingerprint density at radius 3 is 2.70 bits per heavy atom. The summed E-state index contributed by atoms with van der Waals surface area (Å²) in [6.07, 6.45) is 0.722. The van der Waals surface area contributed by atoms with E-state index in [-0.39, 0.29) is 0 Å². The SMILES string of the molecule is COc1nc(C=O)sc1C. The first-order valence-corrected chi connectivity index (χ1v) is 3.56. The van der Waals surface area contributed by atoms with Crippen molar-refractivity contribution in [2.45, 2.75) is 6.92 Å². The maximum atomic E-state index is 10.2. The number of rotatable bonds is 2. The topological polar surface area (TPSA) is 39.2 Å². The monoisotopic (exact) mass is 157 g/mol. The lowest BCUT2D eigenvalue weighted by molar-refractivity contribution is 0.112. The summed E-state index contributed by atoms with van der Waals surface area (Å²) in [6, 6.07) is 0. The maximum Gasteiger partial charge on any atom is 0.227 e. The molecule has 1 rings (SSSR count). The average Bonchev–Trinajstić information content (AvgIpc) is 2.30. The summed E-state index contributed by atoms with van der Waals surface area (Å²) in [5.41, 5.74) is 0. The van der Waals surface area contributed by atoms with E-state index in [4.69, 9.17) is 4.74 Å². The van der Waals surface area contributed by atoms with Crippen molar-refractivity contribution in [1.82, 2.24) is 4.98 Å². The third-order valence-corrected chi connectivity index (χ3v) is 1.94. The summed E-state index contributed by atoms with van der Waals surface area (Å²) in [5, 5.41) is 0.467. The first kappa shape index (κ1) is 7.21. The highest BCUT2D eigenvalue weighted by Gasteiger charge is 2.04. The Kier molecular flexibility index (Phi) is 2.01. The van der Waals surface area contributed by atoms with E-state index >= 15 is 0 Å². The van der Waals surface area contributed by atoms with Gasteiger partial charge in [0.15, 0.2) is 11.3 Å². The molecule has 0 aromatic carbocycles. The van der Waals surface area contributed by atoms with Crippen molar-refractivity contribution in [2.24, 2.45) is 0 Å². The Morgan fingerprint density at radius 2 is 2.40 bits per heavy atom. The largest absolute Gasteiger partial charge is 0.480 e. The smallest absolute Gasteiger partial charge is 0.227 e. The zero-order valence-corrected chi connectivity index (χ0v) is 6.57. The minimum atomic E-state index is 0.467. The highest BCUT2D eigenvalue weighted by molar-refractivity contribution is 7.13. The minimum absolute atomic E-state index is 0.467. The standard InChI is InChI=1S/C6H7NO2S/c1-4-6(9-2)7-5(3-8)10-4/h3H,1-2H3. The third kappa shape index (κ3) is 1.16. The van der Waals surface area contributed by atoms with Crippen LogP contribution in [-0.2, 0) is 0 Å². The van der Waals surface area contributed by atoms with Crippen LogP contribution in [0.4, 0.5) is 0 Å². The van der Waals surface area contributed by atoms with Gasteiger partial charge in [-0.05, 0) is 6.92 Å². The van der Waals surface area contributed by atoms with Crippen molar-refractivity contribution in [1.29, 1.82) is 0 Å². The first-order valence-electron chi connectivity index (χ1n) is 2.74. The van der Waals surface area contributed by atoms with E-state index in [9.17, 15) is 4.79 Å². The Hall–Kier alpha value is -0.900. The first-order chi connectivity index (χ1) is 4.77. The van der Waals surface area contributed by atoms with Crippen molar-refractivity contribution in [3.63, 3.8) is 0 Å². The number of thiazole rings is 1. The number of hydrogen-bond acceptors (Lipinski definition) is 4. The summed E-state index contributed by atoms with van der Waals surface area (Å²) >= 11 is 1.33. The number of nitrogens with zero attached hydrogens (tertiary/aromatic N) is 1. The van der Waals surface area contributed by atoms with E-state index in [0.717, 1.165) is 11.2 Å². The van der Waals surface area contributed by atoms with Crippen LogP contribution in [0.5, 0.6) is 5.88 Å². The zero-order chi connectivity index (χ0) is 7.56. The second kappa shape index (κ2) is 2.79. The van der Waals surface area contributed by atoms with Crippen LogP contribution in [0.3, 0.4) is 0 Å². The molecule has 0 unspecified atom stereocenters. The molecular weight excluding hydrogens is 150 g/mol. The van der Waals surface area contributed by atoms with Crippen LogP contribution < -0.4 is 4.74 Å². The van der Waals surface area contributed by atoms with Crippen molar-refractivity contribution >= 4 is 17.6 Å². The molecule has 3 nitrogen and oxygen atoms in total. The van der Waals surface area contributed by atoms with Crippen LogP contribution in [-0.4, -0.2) is 18.4 Å². The lowest BCUT2D eigenvalue weighted by Crippen LogP contribution is -1.84. The lowest BCUT2D eigenvalue weighted by Gasteiger charge is -1.90. The van der Waals surface area contributed by atoms with Crippen LogP contribution in [0, 0.1) is 6.92 Å². The van der Waals surface area contributed by atoms with E-state index in [2.05, 4.69) is 4.98 Å². The van der Waals surface area contributed by atoms with E-state index in [1.807, 2.05) is 6.92 Å². The van der Waals surface area contributed by atoms with Gasteiger partial charge in [-0.1, -0.05) is 0 Å². The Bertz CT molecular complexity index is 244. The molecule has 0 aliphatic heterocycles. The van der Waals surface area contributed by atoms with Gasteiger partial charge in [0.05, 0.1) is 12.0 Å². The minimum Gasteiger partial charge on any atom is -0.480 e. The van der Waals surface area contributed by atoms with Crippen molar-refractivity contribution in [3.8, 4) is 5.88 Å². The van der Waals surface area contributed by atoms with Gasteiger partial charge in [-0.3, -0.25) is 4.79 Å². The maximum absolute atomic E-state index is 10.2. The number of hydrogen-bond donors (Lipinski definition) is 0. The molecule has 0 amide bonds. The summed E-state index contributed by atoms with van der Waals surface area (Å²) < 4.78 is 4.87. The molecule has 0 aliphatic carbocycles. The van der Waals surface area contributed by atoms with Crippen molar-refractivity contribution < 1.29 is 9.53 Å². The third-order valence-electron chi connectivity index (χ3n) is 1.06. The number of methoxy groups -OCH3 is 1. The second-order valence-electron chi connectivity index (χ2n) is 1.74. The number of carbonyl (C=O) groups is 1. The molecular formula is C6H7NO2S. The molecule has 0 atom stereocenters. The fourth-order valence-corrected chi connectivity index (χ4v) is 1.35. The van der Waals surface area contributed by atoms with Gasteiger partial charge in [0, 0.05) is 0 Å². The zero-order valence-electron chi connectivity index (χ0n) is 5.75. The van der Waals surface area contributed by atoms with Crippen LogP contribution in [0.1, 0.15) is 14.7 Å². The molecule has 1 heterocycles. The molecule has 4 heteroatoms. The molecule has 0 radical (unpaired) electrons. The fourth-order valence-electron chi connectivity index (χ4n) is 0.642. The van der Waals surface area contributed by atoms with E-state index in [1.54, 1.807) is 0 Å². The van der Waals surface area contributed by atoms with Gasteiger partial charge in [0.1, 0.15) is 0 Å². The molecule has 0 saturated carbocycles. The molecule has 0 bridgehead atoms. The quantitative estimate of drug-likeness (QED) is 0.607. The summed E-state index contributed by atoms with van der Waals surface area (Å²) in [4.78, 5) is 15.0. The van der Waals surface area contributed by atoms with E-state index in [0.29, 0.717) is 10.9 Å². The van der Waals surface area contributed by atoms with Gasteiger partial charge in [-0.25, -0.2) is 0 Å². The number of aryl methyl sites for hydroxylation is 1. The van der Waals surface area contributed by atoms with E-state index in [1.165, 1.54) is 18.4 Å². The predicted molar refractivity (Wildman–Crippen MR) is 38.8 cm³/mol. The molecule has 0 spiro atoms. The fraction of sp³-hybridized carbons (Fsp3) is 0.333. The average molecular weight is 157 g/mol. The molecule has 10 heavy (non-hydrogen) atoms.